The molecule has 17 heavy (non-hydrogen) atoms. The van der Waals surface area contributed by atoms with Gasteiger partial charge in [-0.2, -0.15) is 0 Å². The molecule has 2 rings (SSSR count). The van der Waals surface area contributed by atoms with Gasteiger partial charge < -0.3 is 9.52 Å². The molecule has 1 atom stereocenters. The predicted molar refractivity (Wildman–Crippen MR) is 72.1 cm³/mol. The van der Waals surface area contributed by atoms with E-state index in [2.05, 4.69) is 15.9 Å². The zero-order valence-electron chi connectivity index (χ0n) is 9.28. The van der Waals surface area contributed by atoms with Crippen molar-refractivity contribution in [3.8, 4) is 11.3 Å². The van der Waals surface area contributed by atoms with Crippen LogP contribution in [0.4, 0.5) is 0 Å². The van der Waals surface area contributed by atoms with E-state index in [1.165, 1.54) is 0 Å². The zero-order chi connectivity index (χ0) is 12.4. The van der Waals surface area contributed by atoms with Crippen LogP contribution in [0.5, 0.6) is 0 Å². The molecule has 0 saturated heterocycles. The molecule has 90 valence electrons. The summed E-state index contributed by atoms with van der Waals surface area (Å²) in [5.74, 6) is 1.27. The lowest BCUT2D eigenvalue weighted by Crippen LogP contribution is -1.91. The van der Waals surface area contributed by atoms with Gasteiger partial charge in [-0.25, -0.2) is 0 Å². The van der Waals surface area contributed by atoms with Crippen molar-refractivity contribution in [2.24, 2.45) is 0 Å². The van der Waals surface area contributed by atoms with Gasteiger partial charge in [0.25, 0.3) is 0 Å². The molecule has 0 bridgehead atoms. The smallest absolute Gasteiger partial charge is 0.135 e. The predicted octanol–water partition coefficient (Wildman–Crippen LogP) is 4.81. The minimum absolute atomic E-state index is 0.554. The van der Waals surface area contributed by atoms with Gasteiger partial charge in [-0.05, 0) is 46.6 Å². The standard InChI is InChI=1S/C13H12BrClO2/c1-2-10(16)12-7-6-11(17-12)8-4-3-5-9(15)13(8)14/h3-7,10,16H,2H2,1H3. The summed E-state index contributed by atoms with van der Waals surface area (Å²) in [5.41, 5.74) is 0.882. The van der Waals surface area contributed by atoms with Gasteiger partial charge in [-0.1, -0.05) is 24.6 Å². The van der Waals surface area contributed by atoms with E-state index in [0.29, 0.717) is 23.0 Å². The van der Waals surface area contributed by atoms with Crippen LogP contribution in [0.1, 0.15) is 25.2 Å². The fraction of sp³-hybridized carbons (Fsp3) is 0.231. The summed E-state index contributed by atoms with van der Waals surface area (Å²) in [5, 5.41) is 10.3. The number of rotatable bonds is 3. The third-order valence-electron chi connectivity index (χ3n) is 2.56. The molecule has 0 spiro atoms. The molecule has 1 unspecified atom stereocenters. The third kappa shape index (κ3) is 2.57. The molecule has 0 saturated carbocycles. The number of hydrogen-bond acceptors (Lipinski definition) is 2. The molecule has 2 aromatic rings. The van der Waals surface area contributed by atoms with Gasteiger partial charge in [0, 0.05) is 10.0 Å². The Morgan fingerprint density at radius 3 is 2.82 bits per heavy atom. The number of hydrogen-bond donors (Lipinski definition) is 1. The van der Waals surface area contributed by atoms with Gasteiger partial charge in [0.2, 0.25) is 0 Å². The lowest BCUT2D eigenvalue weighted by Gasteiger charge is -2.05. The SMILES string of the molecule is CCC(O)c1ccc(-c2cccc(Cl)c2Br)o1. The highest BCUT2D eigenvalue weighted by Crippen LogP contribution is 2.35. The van der Waals surface area contributed by atoms with Crippen LogP contribution in [0.3, 0.4) is 0 Å². The van der Waals surface area contributed by atoms with E-state index in [-0.39, 0.29) is 0 Å². The maximum Gasteiger partial charge on any atom is 0.135 e. The maximum absolute atomic E-state index is 9.68. The quantitative estimate of drug-likeness (QED) is 0.882. The average Bonchev–Trinajstić information content (AvgIpc) is 2.81. The normalized spacial score (nSPS) is 12.7. The van der Waals surface area contributed by atoms with Crippen LogP contribution in [0.2, 0.25) is 5.02 Å². The Hall–Kier alpha value is -0.770. The monoisotopic (exact) mass is 314 g/mol. The Labute approximate surface area is 113 Å². The topological polar surface area (TPSA) is 33.4 Å². The van der Waals surface area contributed by atoms with E-state index in [1.54, 1.807) is 12.1 Å². The minimum Gasteiger partial charge on any atom is -0.458 e. The number of benzene rings is 1. The first-order valence-electron chi connectivity index (χ1n) is 5.35. The molecule has 0 amide bonds. The van der Waals surface area contributed by atoms with E-state index in [9.17, 15) is 5.11 Å². The molecular formula is C13H12BrClO2. The Morgan fingerprint density at radius 2 is 2.12 bits per heavy atom. The number of aliphatic hydroxyl groups is 1. The molecule has 0 fully saturated rings. The van der Waals surface area contributed by atoms with Gasteiger partial charge in [0.05, 0.1) is 5.02 Å². The lowest BCUT2D eigenvalue weighted by atomic mass is 10.2. The fourth-order valence-electron chi connectivity index (χ4n) is 1.57. The van der Waals surface area contributed by atoms with Crippen LogP contribution >= 0.6 is 27.5 Å². The van der Waals surface area contributed by atoms with E-state index in [1.807, 2.05) is 25.1 Å². The summed E-state index contributed by atoms with van der Waals surface area (Å²) < 4.78 is 6.42. The third-order valence-corrected chi connectivity index (χ3v) is 3.96. The molecule has 1 heterocycles. The first kappa shape index (κ1) is 12.7. The van der Waals surface area contributed by atoms with Crippen molar-refractivity contribution in [2.75, 3.05) is 0 Å². The van der Waals surface area contributed by atoms with Crippen molar-refractivity contribution in [3.63, 3.8) is 0 Å². The number of aliphatic hydroxyl groups excluding tert-OH is 1. The maximum atomic E-state index is 9.68. The van der Waals surface area contributed by atoms with Gasteiger partial charge in [-0.15, -0.1) is 0 Å². The Balaban J connectivity index is 2.40. The second-order valence-electron chi connectivity index (χ2n) is 3.73. The highest BCUT2D eigenvalue weighted by atomic mass is 79.9. The second kappa shape index (κ2) is 5.25. The van der Waals surface area contributed by atoms with Gasteiger partial charge in [-0.3, -0.25) is 0 Å². The Morgan fingerprint density at radius 1 is 1.35 bits per heavy atom. The summed E-state index contributed by atoms with van der Waals surface area (Å²) in [6.07, 6.45) is 0.0747. The zero-order valence-corrected chi connectivity index (χ0v) is 11.6. The first-order chi connectivity index (χ1) is 8.13. The largest absolute Gasteiger partial charge is 0.458 e. The van der Waals surface area contributed by atoms with Crippen LogP contribution in [0.25, 0.3) is 11.3 Å². The summed E-state index contributed by atoms with van der Waals surface area (Å²) in [4.78, 5) is 0. The molecular weight excluding hydrogens is 303 g/mol. The van der Waals surface area contributed by atoms with Gasteiger partial charge in [0.1, 0.15) is 17.6 Å². The fourth-order valence-corrected chi connectivity index (χ4v) is 2.21. The molecule has 1 aromatic carbocycles. The molecule has 0 radical (unpaired) electrons. The summed E-state index contributed by atoms with van der Waals surface area (Å²) in [6.45, 7) is 1.90. The van der Waals surface area contributed by atoms with Crippen LogP contribution in [-0.2, 0) is 0 Å². The highest BCUT2D eigenvalue weighted by molar-refractivity contribution is 9.10. The molecule has 0 aliphatic carbocycles. The van der Waals surface area contributed by atoms with E-state index in [4.69, 9.17) is 16.0 Å². The van der Waals surface area contributed by atoms with Crippen molar-refractivity contribution in [2.45, 2.75) is 19.4 Å². The highest BCUT2D eigenvalue weighted by Gasteiger charge is 2.13. The van der Waals surface area contributed by atoms with Crippen molar-refractivity contribution < 1.29 is 9.52 Å². The van der Waals surface area contributed by atoms with Gasteiger partial charge >= 0.3 is 0 Å². The van der Waals surface area contributed by atoms with E-state index in [0.717, 1.165) is 10.0 Å². The van der Waals surface area contributed by atoms with Crippen molar-refractivity contribution in [3.05, 3.63) is 45.6 Å². The second-order valence-corrected chi connectivity index (χ2v) is 4.93. The van der Waals surface area contributed by atoms with Crippen LogP contribution in [0, 0.1) is 0 Å². The average molecular weight is 316 g/mol. The van der Waals surface area contributed by atoms with Gasteiger partial charge in [0.15, 0.2) is 0 Å². The Kier molecular flexibility index (Phi) is 3.92. The molecule has 2 nitrogen and oxygen atoms in total. The molecule has 1 aromatic heterocycles. The van der Waals surface area contributed by atoms with Crippen molar-refractivity contribution in [1.29, 1.82) is 0 Å². The summed E-state index contributed by atoms with van der Waals surface area (Å²) in [7, 11) is 0. The molecule has 0 aliphatic rings. The number of halogens is 2. The van der Waals surface area contributed by atoms with E-state index < -0.39 is 6.10 Å². The Bertz CT molecular complexity index is 522. The van der Waals surface area contributed by atoms with E-state index >= 15 is 0 Å². The molecule has 1 N–H and O–H groups in total. The lowest BCUT2D eigenvalue weighted by molar-refractivity contribution is 0.147. The minimum atomic E-state index is -0.554. The van der Waals surface area contributed by atoms with Crippen LogP contribution in [0.15, 0.2) is 39.2 Å². The summed E-state index contributed by atoms with van der Waals surface area (Å²) in [6, 6.07) is 9.21. The van der Waals surface area contributed by atoms with Crippen LogP contribution < -0.4 is 0 Å². The van der Waals surface area contributed by atoms with Crippen molar-refractivity contribution in [1.82, 2.24) is 0 Å². The molecule has 4 heteroatoms. The number of furan rings is 1. The first-order valence-corrected chi connectivity index (χ1v) is 6.52. The van der Waals surface area contributed by atoms with Crippen molar-refractivity contribution >= 4 is 27.5 Å². The molecule has 0 aliphatic heterocycles. The summed E-state index contributed by atoms with van der Waals surface area (Å²) >= 11 is 9.45. The van der Waals surface area contributed by atoms with Crippen LogP contribution in [-0.4, -0.2) is 5.11 Å².